The second-order valence-electron chi connectivity index (χ2n) is 5.35. The molecule has 1 aromatic heterocycles. The third kappa shape index (κ3) is 5.32. The van der Waals surface area contributed by atoms with Gasteiger partial charge in [-0.05, 0) is 43.4 Å². The van der Waals surface area contributed by atoms with Crippen LogP contribution in [0.25, 0.3) is 6.08 Å². The van der Waals surface area contributed by atoms with Crippen molar-refractivity contribution in [2.24, 2.45) is 0 Å². The van der Waals surface area contributed by atoms with Crippen LogP contribution in [-0.4, -0.2) is 41.9 Å². The van der Waals surface area contributed by atoms with Gasteiger partial charge in [0.25, 0.3) is 0 Å². The summed E-state index contributed by atoms with van der Waals surface area (Å²) in [5, 5.41) is 0. The third-order valence-corrected chi connectivity index (χ3v) is 3.86. The first kappa shape index (κ1) is 17.9. The molecule has 0 aliphatic heterocycles. The zero-order chi connectivity index (χ0) is 17.2. The second kappa shape index (κ2) is 9.63. The van der Waals surface area contributed by atoms with E-state index in [0.29, 0.717) is 12.2 Å². The van der Waals surface area contributed by atoms with Crippen molar-refractivity contribution in [1.82, 2.24) is 9.88 Å². The minimum Gasteiger partial charge on any atom is -0.492 e. The Bertz CT molecular complexity index is 664. The number of rotatable bonds is 9. The van der Waals surface area contributed by atoms with Crippen molar-refractivity contribution < 1.29 is 9.53 Å². The molecule has 24 heavy (non-hydrogen) atoms. The first-order valence-electron chi connectivity index (χ1n) is 8.31. The van der Waals surface area contributed by atoms with Gasteiger partial charge in [-0.15, -0.1) is 0 Å². The lowest BCUT2D eigenvalue weighted by Gasteiger charge is -2.18. The number of benzene rings is 1. The largest absolute Gasteiger partial charge is 0.492 e. The minimum absolute atomic E-state index is 0.0460. The van der Waals surface area contributed by atoms with E-state index in [2.05, 4.69) is 23.7 Å². The molecule has 4 heteroatoms. The van der Waals surface area contributed by atoms with Crippen LogP contribution in [0.3, 0.4) is 0 Å². The van der Waals surface area contributed by atoms with Crippen LogP contribution in [0.15, 0.2) is 54.9 Å². The van der Waals surface area contributed by atoms with Crippen LogP contribution in [0, 0.1) is 0 Å². The van der Waals surface area contributed by atoms with Gasteiger partial charge < -0.3 is 9.64 Å². The van der Waals surface area contributed by atoms with Gasteiger partial charge in [-0.1, -0.05) is 32.0 Å². The maximum Gasteiger partial charge on any atom is 0.185 e. The van der Waals surface area contributed by atoms with Crippen molar-refractivity contribution in [2.75, 3.05) is 26.2 Å². The summed E-state index contributed by atoms with van der Waals surface area (Å²) in [7, 11) is 0. The molecule has 0 atom stereocenters. The third-order valence-electron chi connectivity index (χ3n) is 3.86. The summed E-state index contributed by atoms with van der Waals surface area (Å²) >= 11 is 0. The molecule has 0 fully saturated rings. The summed E-state index contributed by atoms with van der Waals surface area (Å²) in [6.07, 6.45) is 6.61. The van der Waals surface area contributed by atoms with Gasteiger partial charge >= 0.3 is 0 Å². The predicted octanol–water partition coefficient (Wildman–Crippen LogP) is 3.70. The van der Waals surface area contributed by atoms with Crippen molar-refractivity contribution in [3.63, 3.8) is 0 Å². The molecule has 1 heterocycles. The highest BCUT2D eigenvalue weighted by atomic mass is 16.5. The van der Waals surface area contributed by atoms with Crippen molar-refractivity contribution in [1.29, 1.82) is 0 Å². The zero-order valence-electron chi connectivity index (χ0n) is 14.3. The van der Waals surface area contributed by atoms with Crippen LogP contribution in [0.1, 0.15) is 29.8 Å². The van der Waals surface area contributed by atoms with Crippen LogP contribution in [0.2, 0.25) is 0 Å². The fourth-order valence-electron chi connectivity index (χ4n) is 2.35. The highest BCUT2D eigenvalue weighted by Crippen LogP contribution is 2.19. The van der Waals surface area contributed by atoms with Crippen LogP contribution >= 0.6 is 0 Å². The van der Waals surface area contributed by atoms with E-state index in [0.717, 1.165) is 30.9 Å². The SMILES string of the molecule is CCN(CC)CCOc1ccccc1/C=C/C(=O)c1ccncc1. The highest BCUT2D eigenvalue weighted by Gasteiger charge is 2.04. The lowest BCUT2D eigenvalue weighted by Crippen LogP contribution is -2.27. The van der Waals surface area contributed by atoms with Crippen LogP contribution < -0.4 is 4.74 Å². The van der Waals surface area contributed by atoms with Crippen molar-refractivity contribution in [3.05, 3.63) is 66.0 Å². The maximum absolute atomic E-state index is 12.1. The molecule has 0 saturated carbocycles. The number of nitrogens with zero attached hydrogens (tertiary/aromatic N) is 2. The van der Waals surface area contributed by atoms with Gasteiger partial charge in [0.2, 0.25) is 0 Å². The number of para-hydroxylation sites is 1. The first-order valence-corrected chi connectivity index (χ1v) is 8.31. The summed E-state index contributed by atoms with van der Waals surface area (Å²) < 4.78 is 5.90. The van der Waals surface area contributed by atoms with Gasteiger partial charge in [-0.25, -0.2) is 0 Å². The Morgan fingerprint density at radius 3 is 2.54 bits per heavy atom. The lowest BCUT2D eigenvalue weighted by molar-refractivity contribution is 0.104. The van der Waals surface area contributed by atoms with Crippen LogP contribution in [-0.2, 0) is 0 Å². The number of aromatic nitrogens is 1. The smallest absolute Gasteiger partial charge is 0.185 e. The standard InChI is InChI=1S/C20H24N2O2/c1-3-22(4-2)15-16-24-20-8-6-5-7-18(20)9-10-19(23)17-11-13-21-14-12-17/h5-14H,3-4,15-16H2,1-2H3/b10-9+. The topological polar surface area (TPSA) is 42.4 Å². The molecule has 0 unspecified atom stereocenters. The van der Waals surface area contributed by atoms with Crippen LogP contribution in [0.4, 0.5) is 0 Å². The number of carbonyl (C=O) groups is 1. The monoisotopic (exact) mass is 324 g/mol. The van der Waals surface area contributed by atoms with E-state index in [1.54, 1.807) is 36.7 Å². The molecule has 126 valence electrons. The summed E-state index contributed by atoms with van der Waals surface area (Å²) in [4.78, 5) is 18.4. The zero-order valence-corrected chi connectivity index (χ0v) is 14.3. The molecule has 0 radical (unpaired) electrons. The van der Waals surface area contributed by atoms with Gasteiger partial charge in [-0.3, -0.25) is 9.78 Å². The normalized spacial score (nSPS) is 11.1. The Hall–Kier alpha value is -2.46. The van der Waals surface area contributed by atoms with Crippen molar-refractivity contribution in [2.45, 2.75) is 13.8 Å². The maximum atomic E-state index is 12.1. The quantitative estimate of drug-likeness (QED) is 0.521. The Kier molecular flexibility index (Phi) is 7.18. The van der Waals surface area contributed by atoms with E-state index in [9.17, 15) is 4.79 Å². The molecule has 0 bridgehead atoms. The fourth-order valence-corrected chi connectivity index (χ4v) is 2.35. The molecule has 0 amide bonds. The molecule has 2 aromatic rings. The number of allylic oxidation sites excluding steroid dienone is 1. The number of pyridine rings is 1. The van der Waals surface area contributed by atoms with E-state index in [-0.39, 0.29) is 5.78 Å². The average Bonchev–Trinajstić information content (AvgIpc) is 2.65. The number of likely N-dealkylation sites (N-methyl/N-ethyl adjacent to an activating group) is 1. The first-order chi connectivity index (χ1) is 11.7. The molecule has 4 nitrogen and oxygen atoms in total. The summed E-state index contributed by atoms with van der Waals surface area (Å²) in [5.41, 5.74) is 1.53. The lowest BCUT2D eigenvalue weighted by atomic mass is 10.1. The van der Waals surface area contributed by atoms with E-state index < -0.39 is 0 Å². The number of hydrogen-bond donors (Lipinski definition) is 0. The van der Waals surface area contributed by atoms with Gasteiger partial charge in [0.15, 0.2) is 5.78 Å². The van der Waals surface area contributed by atoms with Crippen molar-refractivity contribution >= 4 is 11.9 Å². The van der Waals surface area contributed by atoms with E-state index >= 15 is 0 Å². The molecule has 1 aromatic carbocycles. The number of ketones is 1. The molecule has 2 rings (SSSR count). The number of carbonyl (C=O) groups excluding carboxylic acids is 1. The predicted molar refractivity (Wildman–Crippen MR) is 97.3 cm³/mol. The average molecular weight is 324 g/mol. The molecule has 0 saturated heterocycles. The van der Waals surface area contributed by atoms with Gasteiger partial charge in [0.1, 0.15) is 12.4 Å². The number of hydrogen-bond acceptors (Lipinski definition) is 4. The molecular weight excluding hydrogens is 300 g/mol. The van der Waals surface area contributed by atoms with Crippen molar-refractivity contribution in [3.8, 4) is 5.75 Å². The van der Waals surface area contributed by atoms with Gasteiger partial charge in [0.05, 0.1) is 0 Å². The van der Waals surface area contributed by atoms with Gasteiger partial charge in [0, 0.05) is 30.1 Å². The van der Waals surface area contributed by atoms with E-state index in [1.807, 2.05) is 24.3 Å². The summed E-state index contributed by atoms with van der Waals surface area (Å²) in [6.45, 7) is 7.84. The van der Waals surface area contributed by atoms with Gasteiger partial charge in [-0.2, -0.15) is 0 Å². The Morgan fingerprint density at radius 1 is 1.12 bits per heavy atom. The Labute approximate surface area is 143 Å². The van der Waals surface area contributed by atoms with Crippen LogP contribution in [0.5, 0.6) is 5.75 Å². The molecule has 0 aliphatic carbocycles. The molecule has 0 aliphatic rings. The molecular formula is C20H24N2O2. The summed E-state index contributed by atoms with van der Waals surface area (Å²) in [6, 6.07) is 11.2. The minimum atomic E-state index is -0.0460. The summed E-state index contributed by atoms with van der Waals surface area (Å²) in [5.74, 6) is 0.749. The number of ether oxygens (including phenoxy) is 1. The fraction of sp³-hybridized carbons (Fsp3) is 0.300. The van der Waals surface area contributed by atoms with E-state index in [1.165, 1.54) is 0 Å². The molecule has 0 N–H and O–H groups in total. The van der Waals surface area contributed by atoms with E-state index in [4.69, 9.17) is 4.74 Å². The Balaban J connectivity index is 2.00. The second-order valence-corrected chi connectivity index (χ2v) is 5.35. The highest BCUT2D eigenvalue weighted by molar-refractivity contribution is 6.06. The Morgan fingerprint density at radius 2 is 1.83 bits per heavy atom. The molecule has 0 spiro atoms.